The van der Waals surface area contributed by atoms with Crippen molar-refractivity contribution in [2.24, 2.45) is 0 Å². The lowest BCUT2D eigenvalue weighted by molar-refractivity contribution is -0.136. The quantitative estimate of drug-likeness (QED) is 0.442. The molecule has 1 aromatic heterocycles. The number of anilines is 2. The number of aromatic amines is 1. The number of alkyl halides is 3. The van der Waals surface area contributed by atoms with E-state index in [9.17, 15) is 31.5 Å². The average molecular weight is 417 g/mol. The molecule has 0 fully saturated rings. The molecule has 28 heavy (non-hydrogen) atoms. The van der Waals surface area contributed by atoms with Gasteiger partial charge in [0.1, 0.15) is 23.0 Å². The molecule has 0 aliphatic carbocycles. The summed E-state index contributed by atoms with van der Waals surface area (Å²) in [6.45, 7) is 1.03. The van der Waals surface area contributed by atoms with E-state index in [2.05, 4.69) is 10.3 Å². The Bertz CT molecular complexity index is 1170. The highest BCUT2D eigenvalue weighted by atomic mass is 35.5. The monoisotopic (exact) mass is 416 g/mol. The van der Waals surface area contributed by atoms with E-state index in [1.54, 1.807) is 0 Å². The number of carbonyl (C=O) groups excluding carboxylic acids is 1. The first kappa shape index (κ1) is 19.8. The van der Waals surface area contributed by atoms with Crippen LogP contribution in [0.4, 0.5) is 33.5 Å². The number of carbonyl (C=O) groups is 1. The Morgan fingerprint density at radius 3 is 2.39 bits per heavy atom. The lowest BCUT2D eigenvalue weighted by Gasteiger charge is -2.16. The number of nitrogens with one attached hydrogen (secondary N) is 2. The summed E-state index contributed by atoms with van der Waals surface area (Å²) in [5.74, 6) is -3.18. The fourth-order valence-corrected chi connectivity index (χ4v) is 2.95. The Labute approximate surface area is 158 Å². The summed E-state index contributed by atoms with van der Waals surface area (Å²) >= 11 is 5.70. The van der Waals surface area contributed by atoms with Crippen LogP contribution in [0.15, 0.2) is 35.1 Å². The molecule has 0 amide bonds. The Morgan fingerprint density at radius 2 is 1.82 bits per heavy atom. The summed E-state index contributed by atoms with van der Waals surface area (Å²) < 4.78 is 67.2. The second-order valence-corrected chi connectivity index (χ2v) is 6.32. The summed E-state index contributed by atoms with van der Waals surface area (Å²) in [7, 11) is 0. The molecule has 0 atom stereocenters. The summed E-state index contributed by atoms with van der Waals surface area (Å²) in [4.78, 5) is 27.0. The summed E-state index contributed by atoms with van der Waals surface area (Å²) in [6.07, 6.45) is -4.86. The smallest absolute Gasteiger partial charge is 0.340 e. The zero-order valence-corrected chi connectivity index (χ0v) is 14.7. The molecule has 10 heteroatoms. The third-order valence-corrected chi connectivity index (χ3v) is 4.14. The first-order chi connectivity index (χ1) is 13.0. The molecule has 1 heterocycles. The largest absolute Gasteiger partial charge is 0.418 e. The lowest BCUT2D eigenvalue weighted by Crippen LogP contribution is -2.20. The number of H-pyrrole nitrogens is 1. The molecule has 0 aliphatic rings. The van der Waals surface area contributed by atoms with Crippen LogP contribution in [0.1, 0.15) is 22.8 Å². The number of fused-ring (bicyclic) bond motifs is 1. The molecular formula is C18H10ClF5N2O2. The summed E-state index contributed by atoms with van der Waals surface area (Å²) in [5, 5.41) is 1.57. The molecule has 0 saturated heterocycles. The highest BCUT2D eigenvalue weighted by Crippen LogP contribution is 2.36. The predicted octanol–water partition coefficient (Wildman–Crippen LogP) is 5.42. The number of Topliss-reactive ketones (excluding diaryl/α,β-unsaturated/α-hetero) is 1. The molecule has 2 aromatic carbocycles. The minimum Gasteiger partial charge on any atom is -0.340 e. The van der Waals surface area contributed by atoms with Crippen LogP contribution >= 0.6 is 11.6 Å². The van der Waals surface area contributed by atoms with Crippen LogP contribution in [-0.4, -0.2) is 10.8 Å². The van der Waals surface area contributed by atoms with Crippen molar-refractivity contribution < 1.29 is 26.7 Å². The number of aromatic nitrogens is 1. The van der Waals surface area contributed by atoms with Crippen LogP contribution in [0.5, 0.6) is 0 Å². The van der Waals surface area contributed by atoms with Crippen LogP contribution < -0.4 is 10.7 Å². The molecule has 0 bridgehead atoms. The van der Waals surface area contributed by atoms with Crippen molar-refractivity contribution in [2.45, 2.75) is 13.1 Å². The van der Waals surface area contributed by atoms with Crippen LogP contribution in [0.2, 0.25) is 5.02 Å². The van der Waals surface area contributed by atoms with E-state index < -0.39 is 56.9 Å². The minimum absolute atomic E-state index is 0.342. The minimum atomic E-state index is -4.86. The van der Waals surface area contributed by atoms with Crippen molar-refractivity contribution in [3.8, 4) is 0 Å². The van der Waals surface area contributed by atoms with E-state index in [0.717, 1.165) is 25.1 Å². The van der Waals surface area contributed by atoms with Gasteiger partial charge in [-0.3, -0.25) is 9.59 Å². The topological polar surface area (TPSA) is 62.0 Å². The van der Waals surface area contributed by atoms with Crippen molar-refractivity contribution in [1.29, 1.82) is 0 Å². The highest BCUT2D eigenvalue weighted by Gasteiger charge is 2.34. The average Bonchev–Trinajstić information content (AvgIpc) is 2.56. The number of hydrogen-bond donors (Lipinski definition) is 2. The molecule has 0 unspecified atom stereocenters. The first-order valence-corrected chi connectivity index (χ1v) is 8.06. The molecule has 0 saturated carbocycles. The first-order valence-electron chi connectivity index (χ1n) is 7.68. The van der Waals surface area contributed by atoms with Crippen molar-refractivity contribution in [3.63, 3.8) is 0 Å². The van der Waals surface area contributed by atoms with Gasteiger partial charge in [0.05, 0.1) is 16.8 Å². The molecule has 2 N–H and O–H groups in total. The van der Waals surface area contributed by atoms with Gasteiger partial charge in [-0.1, -0.05) is 11.6 Å². The predicted molar refractivity (Wildman–Crippen MR) is 94.2 cm³/mol. The van der Waals surface area contributed by atoms with E-state index in [0.29, 0.717) is 12.1 Å². The number of rotatable bonds is 3. The van der Waals surface area contributed by atoms with E-state index in [4.69, 9.17) is 11.6 Å². The van der Waals surface area contributed by atoms with E-state index in [1.165, 1.54) is 0 Å². The van der Waals surface area contributed by atoms with Gasteiger partial charge < -0.3 is 10.3 Å². The van der Waals surface area contributed by atoms with Crippen molar-refractivity contribution >= 4 is 39.8 Å². The van der Waals surface area contributed by atoms with Crippen LogP contribution in [-0.2, 0) is 6.18 Å². The molecule has 3 rings (SSSR count). The normalized spacial score (nSPS) is 11.7. The molecular weight excluding hydrogens is 407 g/mol. The summed E-state index contributed by atoms with van der Waals surface area (Å²) in [5.41, 5.74) is -3.74. The van der Waals surface area contributed by atoms with Crippen LogP contribution in [0.3, 0.4) is 0 Å². The van der Waals surface area contributed by atoms with E-state index in [-0.39, 0.29) is 10.7 Å². The Hall–Kier alpha value is -2.94. The number of pyridine rings is 1. The van der Waals surface area contributed by atoms with Gasteiger partial charge in [0.15, 0.2) is 5.78 Å². The maximum atomic E-state index is 13.9. The maximum absolute atomic E-state index is 13.9. The molecule has 4 nitrogen and oxygen atoms in total. The molecule has 0 radical (unpaired) electrons. The van der Waals surface area contributed by atoms with Crippen LogP contribution in [0, 0.1) is 11.6 Å². The number of hydrogen-bond acceptors (Lipinski definition) is 3. The van der Waals surface area contributed by atoms with Crippen molar-refractivity contribution in [1.82, 2.24) is 4.98 Å². The van der Waals surface area contributed by atoms with Gasteiger partial charge in [-0.2, -0.15) is 13.2 Å². The van der Waals surface area contributed by atoms with Crippen LogP contribution in [0.25, 0.3) is 10.9 Å². The van der Waals surface area contributed by atoms with E-state index in [1.807, 2.05) is 0 Å². The number of halogens is 6. The standard InChI is InChI=1S/C18H10ClF5N2O2/c1-7(27)14-16(28)10-4-8(19)5-11(18(22,23)24)15(10)26-17(14)25-13-3-2-9(20)6-12(13)21/h2-6H,1H3,(H2,25,26,28). The molecule has 3 aromatic rings. The SMILES string of the molecule is CC(=O)c1c(Nc2ccc(F)cc2F)[nH]c2c(C(F)(F)F)cc(Cl)cc2c1=O. The fraction of sp³-hybridized carbons (Fsp3) is 0.111. The molecule has 146 valence electrons. The van der Waals surface area contributed by atoms with Gasteiger partial charge in [0.25, 0.3) is 0 Å². The zero-order chi connectivity index (χ0) is 20.8. The number of ketones is 1. The Balaban J connectivity index is 2.35. The van der Waals surface area contributed by atoms with Crippen molar-refractivity contribution in [2.75, 3.05) is 5.32 Å². The van der Waals surface area contributed by atoms with Gasteiger partial charge in [-0.05, 0) is 31.2 Å². The lowest BCUT2D eigenvalue weighted by atomic mass is 10.0. The third kappa shape index (κ3) is 3.57. The maximum Gasteiger partial charge on any atom is 0.418 e. The van der Waals surface area contributed by atoms with Gasteiger partial charge in [0, 0.05) is 16.5 Å². The van der Waals surface area contributed by atoms with Gasteiger partial charge in [0.2, 0.25) is 5.43 Å². The third-order valence-electron chi connectivity index (χ3n) is 3.92. The number of benzene rings is 2. The summed E-state index contributed by atoms with van der Waals surface area (Å²) in [6, 6.07) is 4.04. The molecule has 0 spiro atoms. The fourth-order valence-electron chi connectivity index (χ4n) is 2.74. The zero-order valence-electron chi connectivity index (χ0n) is 14.0. The second kappa shape index (κ2) is 6.90. The van der Waals surface area contributed by atoms with Gasteiger partial charge in [-0.25, -0.2) is 8.78 Å². The van der Waals surface area contributed by atoms with E-state index >= 15 is 0 Å². The Kier molecular flexibility index (Phi) is 4.88. The second-order valence-electron chi connectivity index (χ2n) is 5.88. The van der Waals surface area contributed by atoms with Gasteiger partial charge >= 0.3 is 6.18 Å². The Morgan fingerprint density at radius 1 is 1.14 bits per heavy atom. The van der Waals surface area contributed by atoms with Gasteiger partial charge in [-0.15, -0.1) is 0 Å². The molecule has 0 aliphatic heterocycles. The van der Waals surface area contributed by atoms with Crippen molar-refractivity contribution in [3.05, 3.63) is 68.3 Å². The highest BCUT2D eigenvalue weighted by molar-refractivity contribution is 6.31.